The summed E-state index contributed by atoms with van der Waals surface area (Å²) in [5.41, 5.74) is 4.82. The van der Waals surface area contributed by atoms with Gasteiger partial charge in [-0.1, -0.05) is 44.2 Å². The van der Waals surface area contributed by atoms with Crippen LogP contribution in [0.25, 0.3) is 0 Å². The fourth-order valence-corrected chi connectivity index (χ4v) is 2.29. The van der Waals surface area contributed by atoms with Gasteiger partial charge >= 0.3 is 0 Å². The van der Waals surface area contributed by atoms with E-state index in [0.717, 1.165) is 5.69 Å². The van der Waals surface area contributed by atoms with E-state index >= 15 is 0 Å². The molecule has 0 aliphatic carbocycles. The van der Waals surface area contributed by atoms with E-state index < -0.39 is 0 Å². The van der Waals surface area contributed by atoms with Gasteiger partial charge in [-0.15, -0.1) is 0 Å². The zero-order valence-corrected chi connectivity index (χ0v) is 15.9. The lowest BCUT2D eigenvalue weighted by Gasteiger charge is -2.08. The van der Waals surface area contributed by atoms with E-state index in [0.29, 0.717) is 17.4 Å². The van der Waals surface area contributed by atoms with Crippen LogP contribution in [0.5, 0.6) is 5.75 Å². The van der Waals surface area contributed by atoms with E-state index in [1.807, 2.05) is 42.5 Å². The molecule has 2 rings (SSSR count). The molecule has 27 heavy (non-hydrogen) atoms. The third kappa shape index (κ3) is 7.32. The van der Waals surface area contributed by atoms with Crippen LogP contribution in [0.1, 0.15) is 38.7 Å². The molecule has 0 saturated carbocycles. The highest BCUT2D eigenvalue weighted by Crippen LogP contribution is 2.18. The van der Waals surface area contributed by atoms with Gasteiger partial charge in [-0.25, -0.2) is 5.43 Å². The second kappa shape index (κ2) is 10.1. The molecule has 2 aromatic carbocycles. The Balaban J connectivity index is 1.73. The molecule has 0 atom stereocenters. The minimum atomic E-state index is -0.384. The summed E-state index contributed by atoms with van der Waals surface area (Å²) >= 11 is 0. The standard InChI is InChI=1S/C21H25N3O3/c1-15(2)17-9-11-19(12-10-17)27-14-21(26)24-23-16(3)13-20(25)22-18-7-5-4-6-8-18/h4-12,15H,13-14H2,1-3H3,(H,22,25)(H,24,26)/b23-16+. The summed E-state index contributed by atoms with van der Waals surface area (Å²) in [6, 6.07) is 16.8. The van der Waals surface area contributed by atoms with Gasteiger partial charge in [0.15, 0.2) is 6.61 Å². The Morgan fingerprint density at radius 2 is 1.67 bits per heavy atom. The number of hydrogen-bond donors (Lipinski definition) is 2. The van der Waals surface area contributed by atoms with E-state index in [4.69, 9.17) is 4.74 Å². The number of amides is 2. The Hall–Kier alpha value is -3.15. The number of rotatable bonds is 8. The molecule has 0 fully saturated rings. The predicted octanol–water partition coefficient (Wildman–Crippen LogP) is 3.71. The van der Waals surface area contributed by atoms with Crippen molar-refractivity contribution in [3.63, 3.8) is 0 Å². The molecule has 0 radical (unpaired) electrons. The van der Waals surface area contributed by atoms with Crippen molar-refractivity contribution in [2.24, 2.45) is 5.10 Å². The van der Waals surface area contributed by atoms with Gasteiger partial charge in [0.1, 0.15) is 5.75 Å². The zero-order chi connectivity index (χ0) is 19.6. The summed E-state index contributed by atoms with van der Waals surface area (Å²) in [6.07, 6.45) is 0.0900. The number of carbonyl (C=O) groups excluding carboxylic acids is 2. The smallest absolute Gasteiger partial charge is 0.277 e. The summed E-state index contributed by atoms with van der Waals surface area (Å²) in [4.78, 5) is 23.8. The molecule has 0 heterocycles. The molecule has 0 saturated heterocycles. The van der Waals surface area contributed by atoms with E-state index in [1.165, 1.54) is 5.56 Å². The molecule has 0 unspecified atom stereocenters. The van der Waals surface area contributed by atoms with E-state index in [-0.39, 0.29) is 24.8 Å². The number of hydrogen-bond acceptors (Lipinski definition) is 4. The van der Waals surface area contributed by atoms with E-state index in [9.17, 15) is 9.59 Å². The van der Waals surface area contributed by atoms with Crippen LogP contribution in [0, 0.1) is 0 Å². The second-order valence-electron chi connectivity index (χ2n) is 6.49. The van der Waals surface area contributed by atoms with Gasteiger partial charge in [0.2, 0.25) is 5.91 Å². The van der Waals surface area contributed by atoms with Gasteiger partial charge in [-0.3, -0.25) is 9.59 Å². The second-order valence-corrected chi connectivity index (χ2v) is 6.49. The minimum absolute atomic E-state index is 0.0900. The van der Waals surface area contributed by atoms with Gasteiger partial charge in [-0.2, -0.15) is 5.10 Å². The van der Waals surface area contributed by atoms with Crippen LogP contribution >= 0.6 is 0 Å². The van der Waals surface area contributed by atoms with Gasteiger partial charge in [0.25, 0.3) is 5.91 Å². The summed E-state index contributed by atoms with van der Waals surface area (Å²) in [6.45, 7) is 5.76. The highest BCUT2D eigenvalue weighted by Gasteiger charge is 2.06. The Bertz CT molecular complexity index is 784. The Kier molecular flexibility index (Phi) is 7.55. The maximum absolute atomic E-state index is 11.9. The van der Waals surface area contributed by atoms with Crippen molar-refractivity contribution in [2.45, 2.75) is 33.1 Å². The molecule has 6 nitrogen and oxygen atoms in total. The number of ether oxygens (including phenoxy) is 1. The van der Waals surface area contributed by atoms with Crippen molar-refractivity contribution in [3.05, 3.63) is 60.2 Å². The molecule has 0 aliphatic rings. The fourth-order valence-electron chi connectivity index (χ4n) is 2.29. The number of anilines is 1. The van der Waals surface area contributed by atoms with Crippen LogP contribution < -0.4 is 15.5 Å². The van der Waals surface area contributed by atoms with Crippen LogP contribution in [0.2, 0.25) is 0 Å². The Labute approximate surface area is 159 Å². The lowest BCUT2D eigenvalue weighted by Crippen LogP contribution is -2.26. The summed E-state index contributed by atoms with van der Waals surface area (Å²) in [5, 5.41) is 6.69. The van der Waals surface area contributed by atoms with Crippen LogP contribution in [0.3, 0.4) is 0 Å². The first-order valence-electron chi connectivity index (χ1n) is 8.83. The summed E-state index contributed by atoms with van der Waals surface area (Å²) < 4.78 is 5.43. The Morgan fingerprint density at radius 3 is 2.30 bits per heavy atom. The van der Waals surface area contributed by atoms with Gasteiger partial charge < -0.3 is 10.1 Å². The minimum Gasteiger partial charge on any atom is -0.484 e. The fraction of sp³-hybridized carbons (Fsp3) is 0.286. The zero-order valence-electron chi connectivity index (χ0n) is 15.9. The first-order chi connectivity index (χ1) is 12.9. The van der Waals surface area contributed by atoms with Gasteiger partial charge in [-0.05, 0) is 42.7 Å². The lowest BCUT2D eigenvalue weighted by molar-refractivity contribution is -0.123. The molecule has 0 aromatic heterocycles. The van der Waals surface area contributed by atoms with Crippen molar-refractivity contribution >= 4 is 23.2 Å². The molecule has 142 valence electrons. The maximum Gasteiger partial charge on any atom is 0.277 e. The third-order valence-corrected chi connectivity index (χ3v) is 3.76. The third-order valence-electron chi connectivity index (χ3n) is 3.76. The molecule has 2 aromatic rings. The quantitative estimate of drug-likeness (QED) is 0.551. The largest absolute Gasteiger partial charge is 0.484 e. The average Bonchev–Trinajstić information content (AvgIpc) is 2.65. The maximum atomic E-state index is 11.9. The van der Waals surface area contributed by atoms with Gasteiger partial charge in [0.05, 0.1) is 6.42 Å². The first kappa shape index (κ1) is 20.2. The van der Waals surface area contributed by atoms with Crippen LogP contribution in [-0.4, -0.2) is 24.1 Å². The Morgan fingerprint density at radius 1 is 1.00 bits per heavy atom. The van der Waals surface area contributed by atoms with Crippen LogP contribution in [-0.2, 0) is 9.59 Å². The van der Waals surface area contributed by atoms with Gasteiger partial charge in [0, 0.05) is 11.4 Å². The molecule has 2 amide bonds. The molecular weight excluding hydrogens is 342 g/mol. The SMILES string of the molecule is C/C(CC(=O)Nc1ccccc1)=N\NC(=O)COc1ccc(C(C)C)cc1. The van der Waals surface area contributed by atoms with Crippen LogP contribution in [0.15, 0.2) is 59.7 Å². The molecule has 0 aliphatic heterocycles. The lowest BCUT2D eigenvalue weighted by atomic mass is 10.0. The molecule has 0 bridgehead atoms. The summed E-state index contributed by atoms with van der Waals surface area (Å²) in [5.74, 6) is 0.486. The number of benzene rings is 2. The topological polar surface area (TPSA) is 79.8 Å². The monoisotopic (exact) mass is 367 g/mol. The average molecular weight is 367 g/mol. The van der Waals surface area contributed by atoms with Crippen LogP contribution in [0.4, 0.5) is 5.69 Å². The van der Waals surface area contributed by atoms with E-state index in [2.05, 4.69) is 29.7 Å². The molecule has 6 heteroatoms. The first-order valence-corrected chi connectivity index (χ1v) is 8.83. The number of nitrogens with zero attached hydrogens (tertiary/aromatic N) is 1. The van der Waals surface area contributed by atoms with E-state index in [1.54, 1.807) is 19.1 Å². The number of para-hydroxylation sites is 1. The van der Waals surface area contributed by atoms with Crippen molar-refractivity contribution < 1.29 is 14.3 Å². The number of hydrazone groups is 1. The van der Waals surface area contributed by atoms with Crippen molar-refractivity contribution in [1.82, 2.24) is 5.43 Å². The number of nitrogens with one attached hydrogen (secondary N) is 2. The summed E-state index contributed by atoms with van der Waals surface area (Å²) in [7, 11) is 0. The molecule has 2 N–H and O–H groups in total. The van der Waals surface area contributed by atoms with Crippen molar-refractivity contribution in [3.8, 4) is 5.75 Å². The normalized spacial score (nSPS) is 11.2. The van der Waals surface area contributed by atoms with Crippen molar-refractivity contribution in [2.75, 3.05) is 11.9 Å². The predicted molar refractivity (Wildman–Crippen MR) is 107 cm³/mol. The van der Waals surface area contributed by atoms with Crippen molar-refractivity contribution in [1.29, 1.82) is 0 Å². The highest BCUT2D eigenvalue weighted by atomic mass is 16.5. The highest BCUT2D eigenvalue weighted by molar-refractivity contribution is 6.05. The number of carbonyl (C=O) groups is 2. The molecular formula is C21H25N3O3. The molecule has 0 spiro atoms.